The van der Waals surface area contributed by atoms with Crippen LogP contribution >= 0.6 is 21.6 Å². The molecule has 48 heteroatoms. The number of likely N-dealkylation sites (N-methyl/N-ethyl adjacent to an activating group) is 1. The molecule has 4 aliphatic rings. The summed E-state index contributed by atoms with van der Waals surface area (Å²) in [5, 5.41) is 72.7. The van der Waals surface area contributed by atoms with Crippen LogP contribution in [-0.4, -0.2) is 346 Å². The number of hydrogen-bond donors (Lipinski definition) is 21. The lowest BCUT2D eigenvalue weighted by atomic mass is 9.98. The molecule has 5 aromatic rings. The van der Waals surface area contributed by atoms with Crippen LogP contribution in [0.25, 0.3) is 21.8 Å². The highest BCUT2D eigenvalue weighted by Gasteiger charge is 2.49. The third kappa shape index (κ3) is 34.6. The number of nitrogens with zero attached hydrogens (tertiary/aromatic N) is 3. The van der Waals surface area contributed by atoms with Gasteiger partial charge in [0.2, 0.25) is 94.5 Å². The molecule has 0 unspecified atom stereocenters. The molecule has 21 N–H and O–H groups in total. The van der Waals surface area contributed by atoms with Crippen molar-refractivity contribution in [1.29, 1.82) is 0 Å². The monoisotopic (exact) mass is 2000 g/mol. The van der Waals surface area contributed by atoms with Crippen molar-refractivity contribution in [1.82, 2.24) is 109 Å². The number of fused-ring (bicyclic) bond motifs is 9. The first-order valence-electron chi connectivity index (χ1n) is 47.1. The number of ether oxygens (including phenoxy) is 4. The fourth-order valence-electron chi connectivity index (χ4n) is 16.4. The number of carbonyl (C=O) groups excluding carboxylic acids is 16. The number of benzene rings is 2. The number of aromatic amines is 3. The largest absolute Gasteiger partial charge is 0.481 e. The van der Waals surface area contributed by atoms with Gasteiger partial charge in [-0.05, 0) is 100 Å². The van der Waals surface area contributed by atoms with Gasteiger partial charge in [-0.2, -0.15) is 0 Å². The van der Waals surface area contributed by atoms with Gasteiger partial charge < -0.3 is 139 Å². The number of hydrogen-bond acceptors (Lipinski definition) is 27. The van der Waals surface area contributed by atoms with E-state index in [1.165, 1.54) is 26.4 Å². The maximum atomic E-state index is 15.7. The molecule has 0 aliphatic carbocycles. The Labute approximate surface area is 817 Å². The van der Waals surface area contributed by atoms with Gasteiger partial charge in [-0.1, -0.05) is 99.5 Å². The molecule has 2 aromatic carbocycles. The summed E-state index contributed by atoms with van der Waals surface area (Å²) in [5.41, 5.74) is 2.41. The fourth-order valence-corrected chi connectivity index (χ4v) is 18.8. The molecule has 16 amide bonds. The summed E-state index contributed by atoms with van der Waals surface area (Å²) >= 11 is 0. The molecule has 0 radical (unpaired) electrons. The quantitative estimate of drug-likeness (QED) is 0.0148. The molecule has 9 rings (SSSR count). The Morgan fingerprint density at radius 2 is 0.993 bits per heavy atom. The van der Waals surface area contributed by atoms with Crippen molar-refractivity contribution in [3.8, 4) is 0 Å². The van der Waals surface area contributed by atoms with E-state index in [1.807, 2.05) is 7.05 Å². The van der Waals surface area contributed by atoms with E-state index in [0.717, 1.165) is 31.4 Å². The van der Waals surface area contributed by atoms with Crippen LogP contribution in [0, 0.1) is 17.8 Å². The number of rotatable bonds is 34. The Balaban J connectivity index is 1.11. The van der Waals surface area contributed by atoms with E-state index in [2.05, 4.69) is 99.7 Å². The second-order valence-corrected chi connectivity index (χ2v) is 38.8. The molecule has 2 bridgehead atoms. The summed E-state index contributed by atoms with van der Waals surface area (Å²) in [6.45, 7) is 13.8. The zero-order valence-electron chi connectivity index (χ0n) is 80.0. The average Bonchev–Trinajstić information content (AvgIpc) is 1.63. The van der Waals surface area contributed by atoms with E-state index in [0.29, 0.717) is 71.6 Å². The van der Waals surface area contributed by atoms with Gasteiger partial charge in [0.1, 0.15) is 84.6 Å². The number of H-pyrrole nitrogens is 3. The second kappa shape index (κ2) is 55.6. The minimum atomic E-state index is -2.09. The molecule has 7 heterocycles. The minimum Gasteiger partial charge on any atom is -0.481 e. The van der Waals surface area contributed by atoms with E-state index < -0.39 is 259 Å². The smallest absolute Gasteiger partial charge is 0.305 e. The zero-order chi connectivity index (χ0) is 102. The molecular formula is C92H133N21O25S2. The number of aliphatic hydroxyl groups is 1. The van der Waals surface area contributed by atoms with E-state index in [9.17, 15) is 53.7 Å². The molecule has 4 aliphatic heterocycles. The second-order valence-electron chi connectivity index (χ2n) is 36.2. The van der Waals surface area contributed by atoms with Gasteiger partial charge in [-0.25, -0.2) is 4.98 Å². The van der Waals surface area contributed by atoms with Crippen molar-refractivity contribution >= 4 is 150 Å². The number of aromatic nitrogens is 4. The number of nitrogens with one attached hydrogen (secondary N) is 18. The van der Waals surface area contributed by atoms with Crippen LogP contribution in [0.3, 0.4) is 0 Å². The van der Waals surface area contributed by atoms with Gasteiger partial charge in [0, 0.05) is 122 Å². The number of aliphatic carboxylic acids is 2. The number of para-hydroxylation sites is 2. The SMILES string of the molecule is CNCCOCCOCCOCCOCCC(=O)N[C@H]1C[C@H]2C(=O)N[C@@H](CC(=O)O)C(=O)N[C@H]3CSSC[C@H](NC(=O)[C@H](Cc4c[nH]c5ccccc45)NC(=O)[C@H](C(C)C)NC(=O)[C@H](CC(C)C)NC(=O)[C@H](CCC(=O)O)NC(=O)CNC(=O)[C@H](CC(C)C)NC(=O)[C@H](Cc4cnc[nH]4)NC(=O)[C@H](Cc4c[nH]c5ccccc45)NC(=O)[C@H](C)NC3=O)C(=O)N[C@@H](C[C@@H](C)O)C(=O)N3CCC[C@@H]3C(=O)N2C1. The van der Waals surface area contributed by atoms with Gasteiger partial charge in [0.05, 0.1) is 78.3 Å². The Morgan fingerprint density at radius 1 is 0.493 bits per heavy atom. The van der Waals surface area contributed by atoms with E-state index in [1.54, 1.807) is 102 Å². The van der Waals surface area contributed by atoms with Crippen LogP contribution in [0.5, 0.6) is 0 Å². The van der Waals surface area contributed by atoms with Crippen molar-refractivity contribution in [2.24, 2.45) is 17.8 Å². The van der Waals surface area contributed by atoms with Gasteiger partial charge in [0.25, 0.3) is 0 Å². The first-order valence-corrected chi connectivity index (χ1v) is 49.5. The van der Waals surface area contributed by atoms with Crippen LogP contribution in [0.4, 0.5) is 0 Å². The van der Waals surface area contributed by atoms with Crippen LogP contribution in [0.15, 0.2) is 73.4 Å². The maximum Gasteiger partial charge on any atom is 0.305 e. The number of carbonyl (C=O) groups is 18. The number of carboxylic acids is 2. The Morgan fingerprint density at radius 3 is 1.54 bits per heavy atom. The topological polar surface area (TPSA) is 652 Å². The number of imidazole rings is 1. The lowest BCUT2D eigenvalue weighted by Crippen LogP contribution is -2.62. The van der Waals surface area contributed by atoms with Crippen molar-refractivity contribution in [3.05, 3.63) is 90.3 Å². The first-order chi connectivity index (χ1) is 66.8. The highest BCUT2D eigenvalue weighted by Crippen LogP contribution is 2.30. The van der Waals surface area contributed by atoms with Crippen LogP contribution in [-0.2, 0) is 125 Å². The van der Waals surface area contributed by atoms with Gasteiger partial charge in [-0.3, -0.25) is 86.3 Å². The predicted molar refractivity (Wildman–Crippen MR) is 511 cm³/mol. The summed E-state index contributed by atoms with van der Waals surface area (Å²) in [5.74, 6) is -21.8. The van der Waals surface area contributed by atoms with Gasteiger partial charge in [-0.15, -0.1) is 0 Å². The normalized spacial score (nSPS) is 24.9. The molecular weight excluding hydrogens is 1860 g/mol. The zero-order valence-corrected chi connectivity index (χ0v) is 81.6. The van der Waals surface area contributed by atoms with Crippen LogP contribution in [0.1, 0.15) is 136 Å². The summed E-state index contributed by atoms with van der Waals surface area (Å²) in [4.78, 5) is 281. The molecule has 4 saturated heterocycles. The summed E-state index contributed by atoms with van der Waals surface area (Å²) in [7, 11) is 3.35. The van der Waals surface area contributed by atoms with Crippen LogP contribution < -0.4 is 79.8 Å². The lowest BCUT2D eigenvalue weighted by Gasteiger charge is -2.34. The molecule has 768 valence electrons. The highest BCUT2D eigenvalue weighted by molar-refractivity contribution is 8.76. The number of amides is 16. The number of carboxylic acid groups (broad SMARTS) is 2. The molecule has 4 fully saturated rings. The van der Waals surface area contributed by atoms with Crippen molar-refractivity contribution < 1.29 is 121 Å². The molecule has 0 spiro atoms. The maximum absolute atomic E-state index is 15.7. The summed E-state index contributed by atoms with van der Waals surface area (Å²) in [6.07, 6.45) is -0.124. The van der Waals surface area contributed by atoms with E-state index in [4.69, 9.17) is 18.9 Å². The first kappa shape index (κ1) is 111. The van der Waals surface area contributed by atoms with Crippen molar-refractivity contribution in [2.75, 3.05) is 97.6 Å². The molecule has 3 aromatic heterocycles. The average molecular weight is 2000 g/mol. The third-order valence-electron chi connectivity index (χ3n) is 23.7. The molecule has 16 atom stereocenters. The Kier molecular flexibility index (Phi) is 44.2. The van der Waals surface area contributed by atoms with Gasteiger partial charge in [0.15, 0.2) is 0 Å². The third-order valence-corrected chi connectivity index (χ3v) is 26.1. The van der Waals surface area contributed by atoms with E-state index >= 15 is 47.9 Å². The molecule has 0 saturated carbocycles. The van der Waals surface area contributed by atoms with E-state index in [-0.39, 0.29) is 103 Å². The predicted octanol–water partition coefficient (Wildman–Crippen LogP) is -2.63. The summed E-state index contributed by atoms with van der Waals surface area (Å²) < 4.78 is 22.2. The fraction of sp³-hybridized carbons (Fsp3) is 0.598. The Bertz CT molecular complexity index is 5100. The minimum absolute atomic E-state index is 0.0449. The summed E-state index contributed by atoms with van der Waals surface area (Å²) in [6, 6.07) is -10.5. The molecule has 140 heavy (non-hydrogen) atoms. The molecule has 46 nitrogen and oxygen atoms in total. The standard InChI is InChI=1S/C92H133N21O25S2/c1-49(2)33-63-80(122)97-44-75(116)101-62(20-21-76(117)118)81(123)104-64(34-50(3)4)86(128)111-78(51(5)6)90(132)107-66(37-55-42-96-61-18-13-11-16-59(55)61)83(125)110-71-47-140-139-46-70(87(129)99-53(8)79(121)102-65(36-54-41-95-60-17-12-10-15-58(54)60)82(124)105-67(84(126)103-63)38-56-43-94-48-98-56)109-85(127)68(40-77(119)120)106-89(131)73-39-57(100-74(115)22-25-135-27-29-137-31-32-138-30-28-136-26-23-93-9)45-113(73)92(134)72-19-14-24-112(72)91(133)69(35-52(7)114)108-88(71)130/h10-13,15-18,41-43,48-53,57,62-73,78,93,95-96,114H,14,19-40,44-47H2,1-9H3,(H,94,98)(H,97,122)(H,99,129)(H,100,115)(H,101,116)(H,102,121)(H,103,126)(H,104,123)(H,105,124)(H,106,131)(H,107,132)(H,108,130)(H,109,127)(H,110,125)(H,111,128)(H,117,118)(H,119,120)/t52-,53+,57+,62+,63+,64+,65+,66+,67+,68+,69+,70+,71+,72-,73+,78+/m1/s1. The highest BCUT2D eigenvalue weighted by atomic mass is 33.1. The van der Waals surface area contributed by atoms with Gasteiger partial charge >= 0.3 is 11.9 Å². The number of aliphatic hydroxyl groups excluding tert-OH is 1. The van der Waals surface area contributed by atoms with Crippen molar-refractivity contribution in [2.45, 2.75) is 236 Å². The Hall–Kier alpha value is -12.4. The van der Waals surface area contributed by atoms with Crippen LogP contribution in [0.2, 0.25) is 0 Å². The van der Waals surface area contributed by atoms with Crippen molar-refractivity contribution in [3.63, 3.8) is 0 Å². The lowest BCUT2D eigenvalue weighted by molar-refractivity contribution is -0.148.